The molecule has 0 aliphatic carbocycles. The van der Waals surface area contributed by atoms with E-state index in [4.69, 9.17) is 9.47 Å². The zero-order valence-corrected chi connectivity index (χ0v) is 16.1. The van der Waals surface area contributed by atoms with Gasteiger partial charge in [0.1, 0.15) is 13.2 Å². The highest BCUT2D eigenvalue weighted by Gasteiger charge is 2.35. The van der Waals surface area contributed by atoms with Gasteiger partial charge < -0.3 is 14.4 Å². The number of fused-ring (bicyclic) bond motifs is 1. The Morgan fingerprint density at radius 2 is 2.04 bits per heavy atom. The van der Waals surface area contributed by atoms with Gasteiger partial charge in [-0.3, -0.25) is 4.79 Å². The molecular formula is C17H23NO5S2. The lowest BCUT2D eigenvalue weighted by Gasteiger charge is -2.29. The Kier molecular flexibility index (Phi) is 5.48. The van der Waals surface area contributed by atoms with Crippen molar-refractivity contribution in [3.63, 3.8) is 0 Å². The number of thioether (sulfide) groups is 1. The summed E-state index contributed by atoms with van der Waals surface area (Å²) in [5, 5.41) is -0.300. The number of benzene rings is 1. The molecular weight excluding hydrogens is 362 g/mol. The number of nitrogens with zero attached hydrogens (tertiary/aromatic N) is 1. The summed E-state index contributed by atoms with van der Waals surface area (Å²) in [5.41, 5.74) is 0. The summed E-state index contributed by atoms with van der Waals surface area (Å²) >= 11 is 1.45. The maximum atomic E-state index is 12.8. The van der Waals surface area contributed by atoms with E-state index in [1.54, 1.807) is 4.90 Å². The average Bonchev–Trinajstić information content (AvgIpc) is 2.95. The Balaban J connectivity index is 1.67. The molecule has 1 saturated heterocycles. The van der Waals surface area contributed by atoms with E-state index in [0.717, 1.165) is 10.6 Å². The predicted octanol–water partition coefficient (Wildman–Crippen LogP) is 1.97. The lowest BCUT2D eigenvalue weighted by atomic mass is 10.2. The molecule has 0 spiro atoms. The number of hydrogen-bond donors (Lipinski definition) is 0. The molecule has 1 fully saturated rings. The van der Waals surface area contributed by atoms with Crippen LogP contribution in [-0.4, -0.2) is 61.8 Å². The van der Waals surface area contributed by atoms with E-state index >= 15 is 0 Å². The lowest BCUT2D eigenvalue weighted by molar-refractivity contribution is -0.131. The molecule has 6 nitrogen and oxygen atoms in total. The standard InChI is InChI=1S/C17H23NO5S2/c1-3-18(13-6-9-25(20,21)11-13)17(19)12(2)24-14-4-5-15-16(10-14)23-8-7-22-15/h4-5,10,12-13H,3,6-9,11H2,1-2H3/t12-,13+/m0/s1. The molecule has 2 atom stereocenters. The van der Waals surface area contributed by atoms with Gasteiger partial charge in [-0.15, -0.1) is 11.8 Å². The van der Waals surface area contributed by atoms with Crippen LogP contribution in [0.1, 0.15) is 20.3 Å². The van der Waals surface area contributed by atoms with E-state index in [9.17, 15) is 13.2 Å². The molecule has 2 aliphatic rings. The monoisotopic (exact) mass is 385 g/mol. The molecule has 1 aromatic rings. The van der Waals surface area contributed by atoms with Crippen LogP contribution >= 0.6 is 11.8 Å². The molecule has 25 heavy (non-hydrogen) atoms. The van der Waals surface area contributed by atoms with Gasteiger partial charge in [-0.25, -0.2) is 8.42 Å². The van der Waals surface area contributed by atoms with Crippen LogP contribution < -0.4 is 9.47 Å². The average molecular weight is 386 g/mol. The van der Waals surface area contributed by atoms with Crippen molar-refractivity contribution in [2.75, 3.05) is 31.3 Å². The van der Waals surface area contributed by atoms with Crippen molar-refractivity contribution < 1.29 is 22.7 Å². The number of hydrogen-bond acceptors (Lipinski definition) is 6. The number of amides is 1. The third-order valence-electron chi connectivity index (χ3n) is 4.45. The quantitative estimate of drug-likeness (QED) is 0.722. The first-order chi connectivity index (χ1) is 11.9. The van der Waals surface area contributed by atoms with Gasteiger partial charge in [-0.1, -0.05) is 0 Å². The molecule has 2 heterocycles. The number of carbonyl (C=O) groups excluding carboxylic acids is 1. The van der Waals surface area contributed by atoms with E-state index in [-0.39, 0.29) is 28.7 Å². The van der Waals surface area contributed by atoms with E-state index in [1.807, 2.05) is 32.0 Å². The fourth-order valence-corrected chi connectivity index (χ4v) is 5.90. The SMILES string of the molecule is CCN(C(=O)[C@H](C)Sc1ccc2c(c1)OCCO2)[C@@H]1CCS(=O)(=O)C1. The van der Waals surface area contributed by atoms with Crippen molar-refractivity contribution >= 4 is 27.5 Å². The van der Waals surface area contributed by atoms with Crippen LogP contribution in [-0.2, 0) is 14.6 Å². The second kappa shape index (κ2) is 7.45. The molecule has 2 aliphatic heterocycles. The van der Waals surface area contributed by atoms with Crippen molar-refractivity contribution in [1.82, 2.24) is 4.90 Å². The van der Waals surface area contributed by atoms with Crippen LogP contribution in [0.5, 0.6) is 11.5 Å². The molecule has 8 heteroatoms. The van der Waals surface area contributed by atoms with Gasteiger partial charge in [0.05, 0.1) is 16.8 Å². The maximum Gasteiger partial charge on any atom is 0.236 e. The molecule has 0 aromatic heterocycles. The summed E-state index contributed by atoms with van der Waals surface area (Å²) in [4.78, 5) is 15.5. The molecule has 0 unspecified atom stereocenters. The molecule has 138 valence electrons. The lowest BCUT2D eigenvalue weighted by Crippen LogP contribution is -2.44. The Hall–Kier alpha value is -1.41. The van der Waals surface area contributed by atoms with Crippen LogP contribution in [0.4, 0.5) is 0 Å². The first kappa shape index (κ1) is 18.4. The third kappa shape index (κ3) is 4.23. The van der Waals surface area contributed by atoms with Crippen LogP contribution in [0.15, 0.2) is 23.1 Å². The molecule has 0 bridgehead atoms. The van der Waals surface area contributed by atoms with Crippen LogP contribution in [0, 0.1) is 0 Å². The topological polar surface area (TPSA) is 72.9 Å². The van der Waals surface area contributed by atoms with Gasteiger partial charge in [0, 0.05) is 17.5 Å². The summed E-state index contributed by atoms with van der Waals surface area (Å²) < 4.78 is 34.5. The summed E-state index contributed by atoms with van der Waals surface area (Å²) in [7, 11) is -3.01. The number of rotatable bonds is 5. The zero-order chi connectivity index (χ0) is 18.0. The number of sulfone groups is 1. The van der Waals surface area contributed by atoms with E-state index in [2.05, 4.69) is 0 Å². The molecule has 3 rings (SSSR count). The normalized spacial score (nSPS) is 22.4. The van der Waals surface area contributed by atoms with Crippen molar-refractivity contribution in [1.29, 1.82) is 0 Å². The molecule has 0 radical (unpaired) electrons. The first-order valence-electron chi connectivity index (χ1n) is 8.47. The minimum Gasteiger partial charge on any atom is -0.486 e. The molecule has 0 saturated carbocycles. The highest BCUT2D eigenvalue weighted by molar-refractivity contribution is 8.00. The fourth-order valence-electron chi connectivity index (χ4n) is 3.20. The van der Waals surface area contributed by atoms with Crippen LogP contribution in [0.2, 0.25) is 0 Å². The fraction of sp³-hybridized carbons (Fsp3) is 0.588. The zero-order valence-electron chi connectivity index (χ0n) is 14.4. The van der Waals surface area contributed by atoms with Crippen LogP contribution in [0.25, 0.3) is 0 Å². The summed E-state index contributed by atoms with van der Waals surface area (Å²) in [6.45, 7) is 5.34. The highest BCUT2D eigenvalue weighted by atomic mass is 32.2. The molecule has 1 amide bonds. The van der Waals surface area contributed by atoms with Crippen molar-refractivity contribution in [2.24, 2.45) is 0 Å². The Bertz CT molecular complexity index is 749. The van der Waals surface area contributed by atoms with Crippen LogP contribution in [0.3, 0.4) is 0 Å². The van der Waals surface area contributed by atoms with Gasteiger partial charge in [-0.05, 0) is 38.5 Å². The molecule has 1 aromatic carbocycles. The molecule has 0 N–H and O–H groups in total. The maximum absolute atomic E-state index is 12.8. The first-order valence-corrected chi connectivity index (χ1v) is 11.2. The van der Waals surface area contributed by atoms with E-state index in [0.29, 0.717) is 31.9 Å². The van der Waals surface area contributed by atoms with E-state index in [1.165, 1.54) is 11.8 Å². The third-order valence-corrected chi connectivity index (χ3v) is 7.28. The largest absolute Gasteiger partial charge is 0.486 e. The van der Waals surface area contributed by atoms with Crippen molar-refractivity contribution in [2.45, 2.75) is 36.5 Å². The number of ether oxygens (including phenoxy) is 2. The summed E-state index contributed by atoms with van der Waals surface area (Å²) in [6.07, 6.45) is 0.531. The van der Waals surface area contributed by atoms with Gasteiger partial charge in [-0.2, -0.15) is 0 Å². The Labute approximate surface area is 152 Å². The van der Waals surface area contributed by atoms with Gasteiger partial charge in [0.2, 0.25) is 5.91 Å². The smallest absolute Gasteiger partial charge is 0.236 e. The predicted molar refractivity (Wildman–Crippen MR) is 97.2 cm³/mol. The van der Waals surface area contributed by atoms with Crippen molar-refractivity contribution in [3.05, 3.63) is 18.2 Å². The number of carbonyl (C=O) groups is 1. The minimum atomic E-state index is -3.01. The minimum absolute atomic E-state index is 0.0236. The van der Waals surface area contributed by atoms with Crippen molar-refractivity contribution in [3.8, 4) is 11.5 Å². The van der Waals surface area contributed by atoms with Gasteiger partial charge in [0.25, 0.3) is 0 Å². The highest BCUT2D eigenvalue weighted by Crippen LogP contribution is 2.36. The second-order valence-corrected chi connectivity index (χ2v) is 9.89. The Morgan fingerprint density at radius 1 is 1.32 bits per heavy atom. The van der Waals surface area contributed by atoms with E-state index < -0.39 is 9.84 Å². The van der Waals surface area contributed by atoms with Gasteiger partial charge >= 0.3 is 0 Å². The summed E-state index contributed by atoms with van der Waals surface area (Å²) in [6, 6.07) is 5.46. The van der Waals surface area contributed by atoms with Gasteiger partial charge in [0.15, 0.2) is 21.3 Å². The second-order valence-electron chi connectivity index (χ2n) is 6.25. The summed E-state index contributed by atoms with van der Waals surface area (Å²) in [5.74, 6) is 1.65. The Morgan fingerprint density at radius 3 is 2.68 bits per heavy atom.